The maximum absolute atomic E-state index is 12.4. The monoisotopic (exact) mass is 345 g/mol. The number of ether oxygens (including phenoxy) is 1. The Morgan fingerprint density at radius 2 is 1.81 bits per heavy atom. The highest BCUT2D eigenvalue weighted by molar-refractivity contribution is 7.92. The molecule has 0 spiro atoms. The summed E-state index contributed by atoms with van der Waals surface area (Å²) in [6.45, 7) is 1.74. The van der Waals surface area contributed by atoms with Crippen LogP contribution in [-0.4, -0.2) is 15.5 Å². The van der Waals surface area contributed by atoms with Crippen molar-refractivity contribution in [3.63, 3.8) is 0 Å². The lowest BCUT2D eigenvalue weighted by molar-refractivity contribution is 0.417. The summed E-state index contributed by atoms with van der Waals surface area (Å²) >= 11 is 11.8. The summed E-state index contributed by atoms with van der Waals surface area (Å²) in [5, 5.41) is 0.912. The number of nitrogens with one attached hydrogen (secondary N) is 1. The molecule has 0 heterocycles. The van der Waals surface area contributed by atoms with Crippen molar-refractivity contribution in [2.24, 2.45) is 0 Å². The van der Waals surface area contributed by atoms with Gasteiger partial charge in [-0.15, -0.1) is 0 Å². The summed E-state index contributed by atoms with van der Waals surface area (Å²) in [5.74, 6) is 0.383. The number of hydrogen-bond donors (Lipinski definition) is 1. The van der Waals surface area contributed by atoms with Crippen LogP contribution in [0.5, 0.6) is 5.75 Å². The minimum Gasteiger partial charge on any atom is -0.495 e. The molecular weight excluding hydrogens is 333 g/mol. The average Bonchev–Trinajstić information content (AvgIpc) is 2.41. The highest BCUT2D eigenvalue weighted by Gasteiger charge is 2.17. The SMILES string of the molecule is COc1ccc(Cl)cc1NS(=O)(=O)c1ccc(Cl)c(C)c1. The Morgan fingerprint density at radius 1 is 1.10 bits per heavy atom. The predicted molar refractivity (Wildman–Crippen MR) is 85.0 cm³/mol. The van der Waals surface area contributed by atoms with Crippen molar-refractivity contribution in [1.82, 2.24) is 0 Å². The molecule has 0 aliphatic heterocycles. The zero-order valence-electron chi connectivity index (χ0n) is 11.4. The van der Waals surface area contributed by atoms with Gasteiger partial charge in [0.1, 0.15) is 5.75 Å². The van der Waals surface area contributed by atoms with E-state index in [1.54, 1.807) is 25.1 Å². The third-order valence-electron chi connectivity index (χ3n) is 2.85. The fraction of sp³-hybridized carbons (Fsp3) is 0.143. The van der Waals surface area contributed by atoms with Gasteiger partial charge in [0.25, 0.3) is 10.0 Å². The molecule has 112 valence electrons. The second-order valence-electron chi connectivity index (χ2n) is 4.36. The molecule has 2 aromatic carbocycles. The zero-order valence-corrected chi connectivity index (χ0v) is 13.7. The van der Waals surface area contributed by atoms with Gasteiger partial charge in [-0.25, -0.2) is 8.42 Å². The summed E-state index contributed by atoms with van der Waals surface area (Å²) in [6, 6.07) is 9.18. The van der Waals surface area contributed by atoms with Crippen LogP contribution in [0.1, 0.15) is 5.56 Å². The summed E-state index contributed by atoms with van der Waals surface area (Å²) in [4.78, 5) is 0.117. The number of anilines is 1. The molecule has 21 heavy (non-hydrogen) atoms. The van der Waals surface area contributed by atoms with Gasteiger partial charge in [0.2, 0.25) is 0 Å². The molecule has 0 fully saturated rings. The van der Waals surface area contributed by atoms with Gasteiger partial charge in [0.15, 0.2) is 0 Å². The molecule has 1 N–H and O–H groups in total. The minimum absolute atomic E-state index is 0.117. The highest BCUT2D eigenvalue weighted by Crippen LogP contribution is 2.30. The lowest BCUT2D eigenvalue weighted by Gasteiger charge is -2.12. The normalized spacial score (nSPS) is 11.2. The third kappa shape index (κ3) is 3.61. The molecular formula is C14H13Cl2NO3S. The van der Waals surface area contributed by atoms with E-state index in [-0.39, 0.29) is 10.6 Å². The largest absolute Gasteiger partial charge is 0.495 e. The summed E-state index contributed by atoms with van der Waals surface area (Å²) in [5.41, 5.74) is 0.954. The molecule has 2 rings (SSSR count). The van der Waals surface area contributed by atoms with Crippen LogP contribution in [0.15, 0.2) is 41.3 Å². The van der Waals surface area contributed by atoms with Crippen molar-refractivity contribution in [2.45, 2.75) is 11.8 Å². The first-order valence-electron chi connectivity index (χ1n) is 5.96. The van der Waals surface area contributed by atoms with Crippen molar-refractivity contribution in [3.05, 3.63) is 52.0 Å². The predicted octanol–water partition coefficient (Wildman–Crippen LogP) is 4.11. The van der Waals surface area contributed by atoms with E-state index in [1.807, 2.05) is 0 Å². The number of hydrogen-bond acceptors (Lipinski definition) is 3. The van der Waals surface area contributed by atoms with Gasteiger partial charge in [0, 0.05) is 10.0 Å². The lowest BCUT2D eigenvalue weighted by Crippen LogP contribution is -2.13. The van der Waals surface area contributed by atoms with Crippen LogP contribution in [0.2, 0.25) is 10.0 Å². The minimum atomic E-state index is -3.75. The molecule has 0 unspecified atom stereocenters. The molecule has 0 amide bonds. The second-order valence-corrected chi connectivity index (χ2v) is 6.89. The fourth-order valence-electron chi connectivity index (χ4n) is 1.75. The van der Waals surface area contributed by atoms with E-state index < -0.39 is 10.0 Å². The first-order chi connectivity index (χ1) is 9.83. The second kappa shape index (κ2) is 6.13. The van der Waals surface area contributed by atoms with Crippen LogP contribution in [0, 0.1) is 6.92 Å². The lowest BCUT2D eigenvalue weighted by atomic mass is 10.2. The van der Waals surface area contributed by atoms with Gasteiger partial charge < -0.3 is 4.74 Å². The molecule has 0 saturated carbocycles. The van der Waals surface area contributed by atoms with Gasteiger partial charge in [-0.3, -0.25) is 4.72 Å². The number of halogens is 2. The molecule has 0 saturated heterocycles. The maximum atomic E-state index is 12.4. The molecule has 0 aromatic heterocycles. The Kier molecular flexibility index (Phi) is 4.66. The van der Waals surface area contributed by atoms with E-state index in [1.165, 1.54) is 25.3 Å². The molecule has 0 radical (unpaired) electrons. The molecule has 0 bridgehead atoms. The smallest absolute Gasteiger partial charge is 0.262 e. The van der Waals surface area contributed by atoms with Crippen LogP contribution >= 0.6 is 23.2 Å². The number of methoxy groups -OCH3 is 1. The van der Waals surface area contributed by atoms with Crippen LogP contribution in [0.3, 0.4) is 0 Å². The first kappa shape index (κ1) is 15.9. The van der Waals surface area contributed by atoms with Gasteiger partial charge in [-0.05, 0) is 48.9 Å². The average molecular weight is 346 g/mol. The van der Waals surface area contributed by atoms with Gasteiger partial charge in [0.05, 0.1) is 17.7 Å². The van der Waals surface area contributed by atoms with Gasteiger partial charge in [-0.2, -0.15) is 0 Å². The first-order valence-corrected chi connectivity index (χ1v) is 8.20. The molecule has 2 aromatic rings. The van der Waals surface area contributed by atoms with E-state index >= 15 is 0 Å². The van der Waals surface area contributed by atoms with E-state index in [9.17, 15) is 8.42 Å². The van der Waals surface area contributed by atoms with Crippen molar-refractivity contribution in [3.8, 4) is 5.75 Å². The molecule has 0 aliphatic rings. The molecule has 0 atom stereocenters. The summed E-state index contributed by atoms with van der Waals surface area (Å²) in [7, 11) is -2.30. The number of sulfonamides is 1. The van der Waals surface area contributed by atoms with Crippen LogP contribution in [0.4, 0.5) is 5.69 Å². The number of benzene rings is 2. The van der Waals surface area contributed by atoms with E-state index in [2.05, 4.69) is 4.72 Å². The quantitative estimate of drug-likeness (QED) is 0.906. The highest BCUT2D eigenvalue weighted by atomic mass is 35.5. The van der Waals surface area contributed by atoms with E-state index in [0.717, 1.165) is 0 Å². The number of aryl methyl sites for hydroxylation is 1. The van der Waals surface area contributed by atoms with Crippen molar-refractivity contribution >= 4 is 38.9 Å². The molecule has 0 aliphatic carbocycles. The standard InChI is InChI=1S/C14H13Cl2NO3S/c1-9-7-11(4-5-12(9)16)21(18,19)17-13-8-10(15)3-6-14(13)20-2/h3-8,17H,1-2H3. The Balaban J connectivity index is 2.41. The molecule has 4 nitrogen and oxygen atoms in total. The van der Waals surface area contributed by atoms with Gasteiger partial charge >= 0.3 is 0 Å². The van der Waals surface area contributed by atoms with E-state index in [4.69, 9.17) is 27.9 Å². The summed E-state index contributed by atoms with van der Waals surface area (Å²) < 4.78 is 32.4. The number of rotatable bonds is 4. The Labute approximate surface area is 133 Å². The molecule has 7 heteroatoms. The van der Waals surface area contributed by atoms with Crippen molar-refractivity contribution < 1.29 is 13.2 Å². The third-order valence-corrected chi connectivity index (χ3v) is 4.87. The van der Waals surface area contributed by atoms with Crippen LogP contribution in [0.25, 0.3) is 0 Å². The van der Waals surface area contributed by atoms with Crippen LogP contribution in [-0.2, 0) is 10.0 Å². The van der Waals surface area contributed by atoms with E-state index in [0.29, 0.717) is 21.4 Å². The summed E-state index contributed by atoms with van der Waals surface area (Å²) in [6.07, 6.45) is 0. The van der Waals surface area contributed by atoms with Crippen molar-refractivity contribution in [2.75, 3.05) is 11.8 Å². The Bertz CT molecular complexity index is 776. The fourth-order valence-corrected chi connectivity index (χ4v) is 3.18. The maximum Gasteiger partial charge on any atom is 0.262 e. The zero-order chi connectivity index (χ0) is 15.6. The Hall–Kier alpha value is -1.43. The van der Waals surface area contributed by atoms with Gasteiger partial charge in [-0.1, -0.05) is 23.2 Å². The van der Waals surface area contributed by atoms with Crippen molar-refractivity contribution in [1.29, 1.82) is 0 Å². The van der Waals surface area contributed by atoms with Crippen LogP contribution < -0.4 is 9.46 Å². The Morgan fingerprint density at radius 3 is 2.43 bits per heavy atom. The topological polar surface area (TPSA) is 55.4 Å².